The number of fused-ring (bicyclic) bond motifs is 4. The van der Waals surface area contributed by atoms with E-state index in [-0.39, 0.29) is 34.5 Å². The number of allylic oxidation sites excluding steroid dienone is 2. The molecule has 0 bridgehead atoms. The molecule has 0 radical (unpaired) electrons. The molecule has 3 N–H and O–H groups in total. The number of phenolic OH excluding ortho intramolecular Hbond substituents is 1. The third kappa shape index (κ3) is 2.52. The van der Waals surface area contributed by atoms with Crippen molar-refractivity contribution >= 4 is 23.6 Å². The number of carbonyl (C=O) groups is 4. The Morgan fingerprint density at radius 1 is 0.903 bits per heavy atom. The van der Waals surface area contributed by atoms with Crippen molar-refractivity contribution in [2.24, 2.45) is 29.6 Å². The van der Waals surface area contributed by atoms with E-state index in [0.29, 0.717) is 11.1 Å². The van der Waals surface area contributed by atoms with Crippen LogP contribution in [0.5, 0.6) is 11.5 Å². The zero-order valence-corrected chi connectivity index (χ0v) is 16.5. The maximum absolute atomic E-state index is 12.8. The summed E-state index contributed by atoms with van der Waals surface area (Å²) in [5, 5.41) is 30.5. The minimum absolute atomic E-state index is 0.102. The summed E-state index contributed by atoms with van der Waals surface area (Å²) in [4.78, 5) is 50.4. The predicted molar refractivity (Wildman–Crippen MR) is 99.4 cm³/mol. The number of imide groups is 2. The Morgan fingerprint density at radius 3 is 2.19 bits per heavy atom. The van der Waals surface area contributed by atoms with Crippen LogP contribution in [0.4, 0.5) is 0 Å². The van der Waals surface area contributed by atoms with Gasteiger partial charge in [0.05, 0.1) is 30.8 Å². The number of hydrogen-bond donors (Lipinski definition) is 3. The summed E-state index contributed by atoms with van der Waals surface area (Å²) in [6.07, 6.45) is 2.10. The summed E-state index contributed by atoms with van der Waals surface area (Å²) in [7, 11) is 1.40. The van der Waals surface area contributed by atoms with Crippen molar-refractivity contribution in [3.8, 4) is 11.5 Å². The lowest BCUT2D eigenvalue weighted by molar-refractivity contribution is -0.174. The average Bonchev–Trinajstić information content (AvgIpc) is 3.12. The number of phenols is 1. The number of ether oxygens (including phenoxy) is 1. The topological polar surface area (TPSA) is 145 Å². The minimum Gasteiger partial charge on any atom is -0.504 e. The minimum atomic E-state index is -0.901. The van der Waals surface area contributed by atoms with E-state index in [1.807, 2.05) is 0 Å². The van der Waals surface area contributed by atoms with Crippen LogP contribution in [0, 0.1) is 29.6 Å². The summed E-state index contributed by atoms with van der Waals surface area (Å²) in [5.41, 5.74) is 1.22. The van der Waals surface area contributed by atoms with Gasteiger partial charge in [0.25, 0.3) is 23.6 Å². The highest BCUT2D eigenvalue weighted by atomic mass is 16.5. The number of amides is 4. The van der Waals surface area contributed by atoms with Gasteiger partial charge in [0, 0.05) is 5.92 Å². The van der Waals surface area contributed by atoms with Crippen LogP contribution in [0.2, 0.25) is 0 Å². The lowest BCUT2D eigenvalue weighted by Gasteiger charge is -2.43. The Bertz CT molecular complexity index is 1070. The van der Waals surface area contributed by atoms with Crippen LogP contribution in [0.15, 0.2) is 29.8 Å². The second kappa shape index (κ2) is 6.63. The van der Waals surface area contributed by atoms with E-state index < -0.39 is 59.1 Å². The van der Waals surface area contributed by atoms with Crippen LogP contribution in [0.3, 0.4) is 0 Å². The third-order valence-electron chi connectivity index (χ3n) is 7.16. The molecule has 4 aliphatic rings. The molecule has 2 saturated heterocycles. The van der Waals surface area contributed by atoms with Gasteiger partial charge in [-0.2, -0.15) is 10.1 Å². The molecule has 2 heterocycles. The number of methoxy groups -OCH3 is 1. The normalized spacial score (nSPS) is 34.5. The molecule has 0 spiro atoms. The second-order valence-corrected chi connectivity index (χ2v) is 8.43. The largest absolute Gasteiger partial charge is 0.504 e. The fourth-order valence-electron chi connectivity index (χ4n) is 5.83. The molecule has 6 unspecified atom stereocenters. The van der Waals surface area contributed by atoms with Crippen LogP contribution < -0.4 is 4.74 Å². The number of rotatable bonds is 2. The van der Waals surface area contributed by atoms with E-state index in [4.69, 9.17) is 4.74 Å². The van der Waals surface area contributed by atoms with Crippen molar-refractivity contribution < 1.29 is 39.4 Å². The molecule has 31 heavy (non-hydrogen) atoms. The van der Waals surface area contributed by atoms with Crippen molar-refractivity contribution in [2.45, 2.75) is 18.8 Å². The monoisotopic (exact) mass is 428 g/mol. The number of hydroxylamine groups is 4. The quantitative estimate of drug-likeness (QED) is 0.357. The highest BCUT2D eigenvalue weighted by Gasteiger charge is 2.62. The van der Waals surface area contributed by atoms with Crippen molar-refractivity contribution in [1.82, 2.24) is 10.1 Å². The summed E-state index contributed by atoms with van der Waals surface area (Å²) < 4.78 is 5.08. The number of benzene rings is 1. The SMILES string of the molecule is COc1ccc(C2C3=CCC4C(=O)N(O)C(=O)C4C3CC3C(=O)N(O)C(=O)C32)cc1O. The van der Waals surface area contributed by atoms with E-state index in [0.717, 1.165) is 0 Å². The van der Waals surface area contributed by atoms with Gasteiger partial charge in [-0.3, -0.25) is 29.6 Å². The molecule has 3 fully saturated rings. The fourth-order valence-corrected chi connectivity index (χ4v) is 5.83. The Balaban J connectivity index is 1.66. The molecule has 162 valence electrons. The number of hydrogen-bond acceptors (Lipinski definition) is 8. The number of aromatic hydroxyl groups is 1. The van der Waals surface area contributed by atoms with Crippen molar-refractivity contribution in [1.29, 1.82) is 0 Å². The zero-order valence-electron chi connectivity index (χ0n) is 16.5. The first-order chi connectivity index (χ1) is 14.8. The lowest BCUT2D eigenvalue weighted by Crippen LogP contribution is -2.42. The molecule has 1 saturated carbocycles. The molecule has 1 aromatic rings. The second-order valence-electron chi connectivity index (χ2n) is 8.43. The van der Waals surface area contributed by atoms with E-state index in [1.54, 1.807) is 12.1 Å². The standard InChI is InChI=1S/C21H20N2O8/c1-31-14-5-2-8(6-13(14)24)15-9-3-4-10-16(20(27)22(29)18(10)25)11(9)7-12-17(15)21(28)23(30)19(12)26/h2-3,5-6,10-12,15-17,24,29-30H,4,7H2,1H3. The Hall–Kier alpha value is -3.24. The van der Waals surface area contributed by atoms with Crippen LogP contribution in [0.25, 0.3) is 0 Å². The van der Waals surface area contributed by atoms with Crippen molar-refractivity contribution in [3.63, 3.8) is 0 Å². The Kier molecular flexibility index (Phi) is 4.21. The summed E-state index contributed by atoms with van der Waals surface area (Å²) in [6.45, 7) is 0. The first-order valence-corrected chi connectivity index (χ1v) is 9.96. The highest BCUT2D eigenvalue weighted by molar-refractivity contribution is 6.06. The van der Waals surface area contributed by atoms with Gasteiger partial charge in [-0.25, -0.2) is 0 Å². The van der Waals surface area contributed by atoms with E-state index in [9.17, 15) is 34.7 Å². The average molecular weight is 428 g/mol. The first kappa shape index (κ1) is 19.7. The maximum Gasteiger partial charge on any atom is 0.258 e. The summed E-state index contributed by atoms with van der Waals surface area (Å²) in [6, 6.07) is 4.63. The van der Waals surface area contributed by atoms with E-state index in [2.05, 4.69) is 0 Å². The summed E-state index contributed by atoms with van der Waals surface area (Å²) in [5.74, 6) is -7.43. The molecule has 0 aromatic heterocycles. The van der Waals surface area contributed by atoms with Crippen LogP contribution in [-0.2, 0) is 19.2 Å². The van der Waals surface area contributed by atoms with Crippen LogP contribution >= 0.6 is 0 Å². The lowest BCUT2D eigenvalue weighted by atomic mass is 9.57. The number of nitrogens with zero attached hydrogens (tertiary/aromatic N) is 2. The molecule has 5 rings (SSSR count). The van der Waals surface area contributed by atoms with Gasteiger partial charge in [0.2, 0.25) is 0 Å². The van der Waals surface area contributed by atoms with Gasteiger partial charge in [-0.05, 0) is 36.5 Å². The fraction of sp³-hybridized carbons (Fsp3) is 0.429. The molecule has 6 atom stereocenters. The zero-order chi connectivity index (χ0) is 22.2. The van der Waals surface area contributed by atoms with Crippen LogP contribution in [-0.4, -0.2) is 56.4 Å². The predicted octanol–water partition coefficient (Wildman–Crippen LogP) is 0.815. The smallest absolute Gasteiger partial charge is 0.258 e. The first-order valence-electron chi connectivity index (χ1n) is 9.96. The van der Waals surface area contributed by atoms with Gasteiger partial charge in [0.15, 0.2) is 11.5 Å². The molecule has 10 nitrogen and oxygen atoms in total. The third-order valence-corrected chi connectivity index (χ3v) is 7.16. The highest BCUT2D eigenvalue weighted by Crippen LogP contribution is 2.57. The van der Waals surface area contributed by atoms with E-state index in [1.165, 1.54) is 19.2 Å². The molecule has 4 amide bonds. The Labute approximate surface area is 176 Å². The molecule has 2 aliphatic carbocycles. The molecular formula is C21H20N2O8. The molecular weight excluding hydrogens is 408 g/mol. The van der Waals surface area contributed by atoms with Gasteiger partial charge >= 0.3 is 0 Å². The summed E-state index contributed by atoms with van der Waals surface area (Å²) >= 11 is 0. The molecule has 2 aliphatic heterocycles. The van der Waals surface area contributed by atoms with Crippen molar-refractivity contribution in [2.75, 3.05) is 7.11 Å². The van der Waals surface area contributed by atoms with Crippen molar-refractivity contribution in [3.05, 3.63) is 35.4 Å². The van der Waals surface area contributed by atoms with E-state index >= 15 is 0 Å². The van der Waals surface area contributed by atoms with Gasteiger partial charge in [-0.15, -0.1) is 0 Å². The van der Waals surface area contributed by atoms with Gasteiger partial charge in [-0.1, -0.05) is 17.7 Å². The Morgan fingerprint density at radius 2 is 1.55 bits per heavy atom. The molecule has 1 aromatic carbocycles. The molecule has 10 heteroatoms. The van der Waals surface area contributed by atoms with Gasteiger partial charge < -0.3 is 9.84 Å². The van der Waals surface area contributed by atoms with Gasteiger partial charge in [0.1, 0.15) is 0 Å². The maximum atomic E-state index is 12.8. The number of carbonyl (C=O) groups excluding carboxylic acids is 4. The van der Waals surface area contributed by atoms with Crippen LogP contribution in [0.1, 0.15) is 24.3 Å².